The normalized spacial score (nSPS) is 16.4. The fourth-order valence-corrected chi connectivity index (χ4v) is 3.97. The molecule has 3 aromatic rings. The third-order valence-corrected chi connectivity index (χ3v) is 5.65. The molecule has 3 heterocycles. The predicted molar refractivity (Wildman–Crippen MR) is 113 cm³/mol. The van der Waals surface area contributed by atoms with Crippen LogP contribution in [0.4, 0.5) is 0 Å². The van der Waals surface area contributed by atoms with Gasteiger partial charge in [-0.05, 0) is 31.2 Å². The summed E-state index contributed by atoms with van der Waals surface area (Å²) in [5.41, 5.74) is 1.09. The predicted octanol–water partition coefficient (Wildman–Crippen LogP) is 1.77. The van der Waals surface area contributed by atoms with Gasteiger partial charge in [-0.2, -0.15) is 4.98 Å². The molecule has 4 rings (SSSR count). The van der Waals surface area contributed by atoms with Crippen LogP contribution in [0.2, 0.25) is 0 Å². The number of likely N-dealkylation sites (tertiary alicyclic amines) is 1. The number of benzene rings is 1. The summed E-state index contributed by atoms with van der Waals surface area (Å²) in [4.78, 5) is 44.2. The van der Waals surface area contributed by atoms with Crippen LogP contribution in [-0.2, 0) is 17.8 Å². The summed E-state index contributed by atoms with van der Waals surface area (Å²) in [6.45, 7) is 3.58. The summed E-state index contributed by atoms with van der Waals surface area (Å²) in [5, 5.41) is 4.12. The number of carbonyl (C=O) groups excluding carboxylic acids is 1. The molecule has 1 amide bonds. The zero-order valence-corrected chi connectivity index (χ0v) is 17.4. The first-order chi connectivity index (χ1) is 15.0. The lowest BCUT2D eigenvalue weighted by Gasteiger charge is -2.32. The summed E-state index contributed by atoms with van der Waals surface area (Å²) in [6.07, 6.45) is 4.15. The minimum Gasteiger partial charge on any atom is -0.342 e. The zero-order chi connectivity index (χ0) is 21.8. The Kier molecular flexibility index (Phi) is 6.11. The molecule has 2 aromatic heterocycles. The van der Waals surface area contributed by atoms with E-state index in [4.69, 9.17) is 4.52 Å². The lowest BCUT2D eigenvalue weighted by Crippen LogP contribution is -2.41. The smallest absolute Gasteiger partial charge is 0.328 e. The summed E-state index contributed by atoms with van der Waals surface area (Å²) < 4.78 is 6.81. The quantitative estimate of drug-likeness (QED) is 0.646. The highest BCUT2D eigenvalue weighted by atomic mass is 16.5. The van der Waals surface area contributed by atoms with E-state index in [1.807, 2.05) is 36.1 Å². The molecule has 0 bridgehead atoms. The molecule has 1 aromatic carbocycles. The maximum Gasteiger partial charge on any atom is 0.328 e. The van der Waals surface area contributed by atoms with Crippen LogP contribution in [-0.4, -0.2) is 43.6 Å². The minimum absolute atomic E-state index is 0.00562. The molecule has 31 heavy (non-hydrogen) atoms. The van der Waals surface area contributed by atoms with Gasteiger partial charge >= 0.3 is 5.69 Å². The Balaban J connectivity index is 1.34. The van der Waals surface area contributed by atoms with Crippen LogP contribution in [0, 0.1) is 12.8 Å². The minimum atomic E-state index is -0.502. The molecule has 1 unspecified atom stereocenters. The van der Waals surface area contributed by atoms with Gasteiger partial charge in [-0.3, -0.25) is 14.6 Å². The topological polar surface area (TPSA) is 114 Å². The number of aromatic nitrogens is 4. The van der Waals surface area contributed by atoms with Crippen LogP contribution in [0.15, 0.2) is 50.6 Å². The Morgan fingerprint density at radius 2 is 2.10 bits per heavy atom. The van der Waals surface area contributed by atoms with E-state index in [0.29, 0.717) is 31.2 Å². The van der Waals surface area contributed by atoms with E-state index in [1.165, 1.54) is 16.8 Å². The molecule has 1 fully saturated rings. The Bertz CT molecular complexity index is 1180. The van der Waals surface area contributed by atoms with Crippen LogP contribution in [0.1, 0.15) is 30.7 Å². The standard InChI is InChI=1S/C22H25N5O4/c1-15-5-2-3-7-17(15)21-24-19(31-25-21)13-16-6-4-10-27(14-16)20(29)9-12-26-11-8-18(28)23-22(26)30/h2-3,5,7-8,11,16H,4,6,9-10,12-14H2,1H3,(H,23,28,30). The van der Waals surface area contributed by atoms with Gasteiger partial charge in [0.25, 0.3) is 5.56 Å². The number of nitrogens with one attached hydrogen (secondary N) is 1. The number of nitrogens with zero attached hydrogens (tertiary/aromatic N) is 4. The van der Waals surface area contributed by atoms with E-state index in [1.54, 1.807) is 0 Å². The van der Waals surface area contributed by atoms with Gasteiger partial charge in [0.2, 0.25) is 17.6 Å². The monoisotopic (exact) mass is 423 g/mol. The fourth-order valence-electron chi connectivity index (χ4n) is 3.97. The van der Waals surface area contributed by atoms with Crippen LogP contribution in [0.25, 0.3) is 11.4 Å². The molecule has 1 atom stereocenters. The van der Waals surface area contributed by atoms with Gasteiger partial charge < -0.3 is 14.0 Å². The first kappa shape index (κ1) is 20.8. The Morgan fingerprint density at radius 3 is 2.90 bits per heavy atom. The summed E-state index contributed by atoms with van der Waals surface area (Å²) in [5.74, 6) is 1.41. The first-order valence-electron chi connectivity index (χ1n) is 10.5. The van der Waals surface area contributed by atoms with Crippen molar-refractivity contribution < 1.29 is 9.32 Å². The van der Waals surface area contributed by atoms with E-state index in [9.17, 15) is 14.4 Å². The summed E-state index contributed by atoms with van der Waals surface area (Å²) in [6, 6.07) is 9.18. The van der Waals surface area contributed by atoms with E-state index < -0.39 is 11.2 Å². The average molecular weight is 423 g/mol. The Labute approximate surface area is 178 Å². The number of carbonyl (C=O) groups is 1. The van der Waals surface area contributed by atoms with Crippen molar-refractivity contribution in [2.75, 3.05) is 13.1 Å². The molecular weight excluding hydrogens is 398 g/mol. The highest BCUT2D eigenvalue weighted by Gasteiger charge is 2.25. The lowest BCUT2D eigenvalue weighted by atomic mass is 9.94. The molecule has 162 valence electrons. The van der Waals surface area contributed by atoms with E-state index in [0.717, 1.165) is 24.0 Å². The van der Waals surface area contributed by atoms with Gasteiger partial charge in [-0.1, -0.05) is 29.4 Å². The average Bonchev–Trinajstić information content (AvgIpc) is 3.21. The molecule has 1 aliphatic rings. The second kappa shape index (κ2) is 9.11. The number of hydrogen-bond acceptors (Lipinski definition) is 6. The van der Waals surface area contributed by atoms with Gasteiger partial charge in [0.1, 0.15) is 0 Å². The van der Waals surface area contributed by atoms with Gasteiger partial charge in [-0.25, -0.2) is 4.79 Å². The SMILES string of the molecule is Cc1ccccc1-c1noc(CC2CCCN(C(=O)CCn3ccc(=O)[nH]c3=O)C2)n1. The van der Waals surface area contributed by atoms with Crippen LogP contribution >= 0.6 is 0 Å². The molecule has 1 N–H and O–H groups in total. The van der Waals surface area contributed by atoms with Crippen molar-refractivity contribution in [1.82, 2.24) is 24.6 Å². The van der Waals surface area contributed by atoms with Crippen molar-refractivity contribution in [3.63, 3.8) is 0 Å². The molecule has 1 aliphatic heterocycles. The van der Waals surface area contributed by atoms with E-state index in [2.05, 4.69) is 15.1 Å². The zero-order valence-electron chi connectivity index (χ0n) is 17.4. The van der Waals surface area contributed by atoms with Gasteiger partial charge in [-0.15, -0.1) is 0 Å². The van der Waals surface area contributed by atoms with Crippen molar-refractivity contribution in [3.05, 3.63) is 68.8 Å². The van der Waals surface area contributed by atoms with Gasteiger partial charge in [0.15, 0.2) is 0 Å². The lowest BCUT2D eigenvalue weighted by molar-refractivity contribution is -0.133. The maximum atomic E-state index is 12.7. The number of hydrogen-bond donors (Lipinski definition) is 1. The molecular formula is C22H25N5O4. The highest BCUT2D eigenvalue weighted by molar-refractivity contribution is 5.76. The number of piperidine rings is 1. The van der Waals surface area contributed by atoms with Crippen molar-refractivity contribution in [3.8, 4) is 11.4 Å². The fraction of sp³-hybridized carbons (Fsp3) is 0.409. The summed E-state index contributed by atoms with van der Waals surface area (Å²) >= 11 is 0. The Morgan fingerprint density at radius 1 is 1.26 bits per heavy atom. The largest absolute Gasteiger partial charge is 0.342 e. The van der Waals surface area contributed by atoms with Crippen molar-refractivity contribution in [1.29, 1.82) is 0 Å². The number of rotatable bonds is 6. The number of aryl methyl sites for hydroxylation is 2. The number of amides is 1. The van der Waals surface area contributed by atoms with E-state index >= 15 is 0 Å². The van der Waals surface area contributed by atoms with Crippen LogP contribution < -0.4 is 11.2 Å². The third-order valence-electron chi connectivity index (χ3n) is 5.65. The third kappa shape index (κ3) is 4.99. The molecule has 0 aliphatic carbocycles. The van der Waals surface area contributed by atoms with Crippen LogP contribution in [0.3, 0.4) is 0 Å². The van der Waals surface area contributed by atoms with Gasteiger partial charge in [0.05, 0.1) is 0 Å². The molecule has 9 heteroatoms. The van der Waals surface area contributed by atoms with Crippen molar-refractivity contribution in [2.24, 2.45) is 5.92 Å². The molecule has 0 spiro atoms. The molecule has 1 saturated heterocycles. The second-order valence-corrected chi connectivity index (χ2v) is 7.93. The van der Waals surface area contributed by atoms with Gasteiger partial charge in [0, 0.05) is 50.3 Å². The Hall–Kier alpha value is -3.49. The van der Waals surface area contributed by atoms with E-state index in [-0.39, 0.29) is 24.8 Å². The van der Waals surface area contributed by atoms with Crippen molar-refractivity contribution in [2.45, 2.75) is 39.2 Å². The second-order valence-electron chi connectivity index (χ2n) is 7.93. The first-order valence-corrected chi connectivity index (χ1v) is 10.5. The molecule has 0 radical (unpaired) electrons. The highest BCUT2D eigenvalue weighted by Crippen LogP contribution is 2.24. The molecule has 0 saturated carbocycles. The number of aromatic amines is 1. The molecule has 9 nitrogen and oxygen atoms in total. The maximum absolute atomic E-state index is 12.7. The van der Waals surface area contributed by atoms with Crippen LogP contribution in [0.5, 0.6) is 0 Å². The number of H-pyrrole nitrogens is 1. The van der Waals surface area contributed by atoms with Crippen molar-refractivity contribution >= 4 is 5.91 Å². The summed E-state index contributed by atoms with van der Waals surface area (Å²) in [7, 11) is 0.